The number of rotatable bonds is 10. The second kappa shape index (κ2) is 11.7. The minimum atomic E-state index is 0.479. The molecule has 0 aliphatic carbocycles. The van der Waals surface area contributed by atoms with Crippen LogP contribution >= 0.6 is 0 Å². The summed E-state index contributed by atoms with van der Waals surface area (Å²) in [6.07, 6.45) is 4.53. The quantitative estimate of drug-likeness (QED) is 0.460. The van der Waals surface area contributed by atoms with Crippen molar-refractivity contribution in [1.82, 2.24) is 20.7 Å². The SMILES string of the molecule is CCC(CC)c1cc(CNC(=NC)NCC2CCN(CCc3ccccc3)C2)on1. The van der Waals surface area contributed by atoms with E-state index < -0.39 is 0 Å². The van der Waals surface area contributed by atoms with Crippen molar-refractivity contribution in [2.24, 2.45) is 10.9 Å². The average Bonchev–Trinajstić information content (AvgIpc) is 3.44. The van der Waals surface area contributed by atoms with E-state index in [4.69, 9.17) is 4.52 Å². The highest BCUT2D eigenvalue weighted by Gasteiger charge is 2.22. The molecule has 30 heavy (non-hydrogen) atoms. The Bertz CT molecular complexity index is 769. The molecule has 3 rings (SSSR count). The molecule has 1 atom stereocenters. The Morgan fingerprint density at radius 3 is 2.77 bits per heavy atom. The molecule has 164 valence electrons. The molecule has 1 aliphatic rings. The molecule has 2 N–H and O–H groups in total. The van der Waals surface area contributed by atoms with E-state index in [-0.39, 0.29) is 0 Å². The zero-order valence-corrected chi connectivity index (χ0v) is 18.7. The fourth-order valence-electron chi connectivity index (χ4n) is 4.16. The second-order valence-corrected chi connectivity index (χ2v) is 8.23. The zero-order valence-electron chi connectivity index (χ0n) is 18.7. The van der Waals surface area contributed by atoms with E-state index in [2.05, 4.69) is 75.9 Å². The summed E-state index contributed by atoms with van der Waals surface area (Å²) in [5.74, 6) is 2.81. The number of hydrogen-bond donors (Lipinski definition) is 2. The van der Waals surface area contributed by atoms with Crippen LogP contribution in [0.4, 0.5) is 0 Å². The minimum Gasteiger partial charge on any atom is -0.359 e. The van der Waals surface area contributed by atoms with Gasteiger partial charge >= 0.3 is 0 Å². The molecular weight excluding hydrogens is 374 g/mol. The Balaban J connectivity index is 1.36. The molecule has 1 fully saturated rings. The fraction of sp³-hybridized carbons (Fsp3) is 0.583. The van der Waals surface area contributed by atoms with Crippen molar-refractivity contribution >= 4 is 5.96 Å². The number of likely N-dealkylation sites (tertiary alicyclic amines) is 1. The van der Waals surface area contributed by atoms with Crippen LogP contribution < -0.4 is 10.6 Å². The number of benzene rings is 1. The number of nitrogens with one attached hydrogen (secondary N) is 2. The predicted molar refractivity (Wildman–Crippen MR) is 123 cm³/mol. The summed E-state index contributed by atoms with van der Waals surface area (Å²) in [5, 5.41) is 11.1. The third-order valence-electron chi connectivity index (χ3n) is 6.12. The van der Waals surface area contributed by atoms with E-state index in [1.54, 1.807) is 0 Å². The van der Waals surface area contributed by atoms with Crippen molar-refractivity contribution in [3.05, 3.63) is 53.4 Å². The monoisotopic (exact) mass is 411 g/mol. The van der Waals surface area contributed by atoms with Crippen molar-refractivity contribution in [3.8, 4) is 0 Å². The van der Waals surface area contributed by atoms with Crippen molar-refractivity contribution in [2.45, 2.75) is 52.0 Å². The van der Waals surface area contributed by atoms with Gasteiger partial charge in [-0.25, -0.2) is 0 Å². The number of guanidine groups is 1. The van der Waals surface area contributed by atoms with Crippen LogP contribution in [0.1, 0.15) is 56.0 Å². The molecule has 1 aromatic carbocycles. The molecule has 2 heterocycles. The summed E-state index contributed by atoms with van der Waals surface area (Å²) in [6, 6.07) is 12.8. The Hall–Kier alpha value is -2.34. The lowest BCUT2D eigenvalue weighted by atomic mass is 9.99. The lowest BCUT2D eigenvalue weighted by Gasteiger charge is -2.17. The van der Waals surface area contributed by atoms with Gasteiger partial charge in [0.15, 0.2) is 11.7 Å². The molecule has 1 aliphatic heterocycles. The van der Waals surface area contributed by atoms with Gasteiger partial charge in [0.05, 0.1) is 12.2 Å². The first-order valence-electron chi connectivity index (χ1n) is 11.4. The Kier molecular flexibility index (Phi) is 8.75. The molecule has 1 saturated heterocycles. The molecule has 0 bridgehead atoms. The van der Waals surface area contributed by atoms with Crippen LogP contribution in [0.25, 0.3) is 0 Å². The summed E-state index contributed by atoms with van der Waals surface area (Å²) in [6.45, 7) is 9.39. The standard InChI is InChI=1S/C24H37N5O/c1-4-21(5-2)23-15-22(30-28-23)17-27-24(25-3)26-16-20-12-14-29(18-20)13-11-19-9-7-6-8-10-19/h6-10,15,20-21H,4-5,11-14,16-18H2,1-3H3,(H2,25,26,27). The summed E-state index contributed by atoms with van der Waals surface area (Å²) in [7, 11) is 1.81. The molecule has 2 aromatic rings. The van der Waals surface area contributed by atoms with Crippen LogP contribution in [-0.4, -0.2) is 49.2 Å². The number of nitrogens with zero attached hydrogens (tertiary/aromatic N) is 3. The summed E-state index contributed by atoms with van der Waals surface area (Å²) < 4.78 is 5.50. The van der Waals surface area contributed by atoms with Gasteiger partial charge in [0, 0.05) is 38.7 Å². The van der Waals surface area contributed by atoms with E-state index in [9.17, 15) is 0 Å². The van der Waals surface area contributed by atoms with Gasteiger partial charge in [-0.05, 0) is 43.7 Å². The van der Waals surface area contributed by atoms with E-state index >= 15 is 0 Å². The molecule has 1 unspecified atom stereocenters. The highest BCUT2D eigenvalue weighted by molar-refractivity contribution is 5.79. The van der Waals surface area contributed by atoms with Crippen molar-refractivity contribution in [2.75, 3.05) is 33.2 Å². The first kappa shape index (κ1) is 22.3. The van der Waals surface area contributed by atoms with Crippen LogP contribution in [0, 0.1) is 5.92 Å². The number of hydrogen-bond acceptors (Lipinski definition) is 4. The number of aromatic nitrogens is 1. The third kappa shape index (κ3) is 6.59. The van der Waals surface area contributed by atoms with Gasteiger partial charge in [0.1, 0.15) is 0 Å². The summed E-state index contributed by atoms with van der Waals surface area (Å²) in [5.41, 5.74) is 2.48. The fourth-order valence-corrected chi connectivity index (χ4v) is 4.16. The predicted octanol–water partition coefficient (Wildman–Crippen LogP) is 3.81. The maximum Gasteiger partial charge on any atom is 0.191 e. The number of aliphatic imine (C=N–C) groups is 1. The van der Waals surface area contributed by atoms with Crippen LogP contribution in [0.15, 0.2) is 45.9 Å². The van der Waals surface area contributed by atoms with Gasteiger partial charge in [0.2, 0.25) is 0 Å². The normalized spacial score (nSPS) is 17.6. The molecule has 6 nitrogen and oxygen atoms in total. The smallest absolute Gasteiger partial charge is 0.191 e. The highest BCUT2D eigenvalue weighted by atomic mass is 16.5. The lowest BCUT2D eigenvalue weighted by molar-refractivity contribution is 0.328. The largest absolute Gasteiger partial charge is 0.359 e. The van der Waals surface area contributed by atoms with E-state index in [0.29, 0.717) is 18.4 Å². The average molecular weight is 412 g/mol. The van der Waals surface area contributed by atoms with Crippen LogP contribution in [-0.2, 0) is 13.0 Å². The molecule has 0 amide bonds. The van der Waals surface area contributed by atoms with Crippen molar-refractivity contribution < 1.29 is 4.52 Å². The maximum absolute atomic E-state index is 5.50. The van der Waals surface area contributed by atoms with E-state index in [1.807, 2.05) is 7.05 Å². The molecule has 1 aromatic heterocycles. The van der Waals surface area contributed by atoms with Gasteiger partial charge in [-0.1, -0.05) is 49.3 Å². The van der Waals surface area contributed by atoms with Crippen LogP contribution in [0.2, 0.25) is 0 Å². The van der Waals surface area contributed by atoms with Crippen molar-refractivity contribution in [1.29, 1.82) is 0 Å². The van der Waals surface area contributed by atoms with Crippen molar-refractivity contribution in [3.63, 3.8) is 0 Å². The second-order valence-electron chi connectivity index (χ2n) is 8.23. The summed E-state index contributed by atoms with van der Waals surface area (Å²) in [4.78, 5) is 6.92. The first-order valence-corrected chi connectivity index (χ1v) is 11.4. The topological polar surface area (TPSA) is 65.7 Å². The van der Waals surface area contributed by atoms with Gasteiger partial charge in [-0.3, -0.25) is 4.99 Å². The Morgan fingerprint density at radius 1 is 1.23 bits per heavy atom. The molecule has 6 heteroatoms. The zero-order chi connectivity index (χ0) is 21.2. The van der Waals surface area contributed by atoms with E-state index in [1.165, 1.54) is 18.5 Å². The van der Waals surface area contributed by atoms with Gasteiger partial charge in [-0.15, -0.1) is 0 Å². The molecular formula is C24H37N5O. The van der Waals surface area contributed by atoms with Gasteiger partial charge in [-0.2, -0.15) is 0 Å². The molecule has 0 saturated carbocycles. The lowest BCUT2D eigenvalue weighted by Crippen LogP contribution is -2.39. The van der Waals surface area contributed by atoms with Crippen LogP contribution in [0.3, 0.4) is 0 Å². The van der Waals surface area contributed by atoms with Gasteiger partial charge in [0.25, 0.3) is 0 Å². The Morgan fingerprint density at radius 2 is 2.03 bits per heavy atom. The highest BCUT2D eigenvalue weighted by Crippen LogP contribution is 2.22. The Labute approximate surface area is 181 Å². The minimum absolute atomic E-state index is 0.479. The van der Waals surface area contributed by atoms with E-state index in [0.717, 1.165) is 56.3 Å². The van der Waals surface area contributed by atoms with Crippen LogP contribution in [0.5, 0.6) is 0 Å². The molecule has 0 spiro atoms. The third-order valence-corrected chi connectivity index (χ3v) is 6.12. The first-order chi connectivity index (χ1) is 14.7. The molecule has 0 radical (unpaired) electrons. The maximum atomic E-state index is 5.50. The van der Waals surface area contributed by atoms with Gasteiger partial charge < -0.3 is 20.1 Å². The summed E-state index contributed by atoms with van der Waals surface area (Å²) >= 11 is 0.